The highest BCUT2D eigenvalue weighted by atomic mass is 28.2. The SMILES string of the molecule is CCCC(O[SiH3])C(O)(O)O. The van der Waals surface area contributed by atoms with E-state index in [0.29, 0.717) is 16.9 Å². The Morgan fingerprint density at radius 3 is 2.10 bits per heavy atom. The number of rotatable bonds is 4. The Bertz CT molecular complexity index is 90.1. The van der Waals surface area contributed by atoms with Gasteiger partial charge in [-0.2, -0.15) is 0 Å². The first-order valence-corrected chi connectivity index (χ1v) is 4.04. The van der Waals surface area contributed by atoms with E-state index in [-0.39, 0.29) is 0 Å². The Morgan fingerprint density at radius 1 is 1.50 bits per heavy atom. The highest BCUT2D eigenvalue weighted by Gasteiger charge is 2.30. The van der Waals surface area contributed by atoms with Gasteiger partial charge < -0.3 is 19.7 Å². The maximum atomic E-state index is 8.62. The Kier molecular flexibility index (Phi) is 4.07. The van der Waals surface area contributed by atoms with Gasteiger partial charge in [0.05, 0.1) is 0 Å². The molecule has 0 aliphatic heterocycles. The van der Waals surface area contributed by atoms with E-state index in [4.69, 9.17) is 19.7 Å². The molecule has 0 aromatic rings. The third-order valence-corrected chi connectivity index (χ3v) is 1.84. The minimum Gasteiger partial charge on any atom is -0.417 e. The molecule has 0 saturated heterocycles. The van der Waals surface area contributed by atoms with Gasteiger partial charge in [-0.25, -0.2) is 0 Å². The minimum absolute atomic E-state index is 0.387. The quantitative estimate of drug-likeness (QED) is 0.336. The summed E-state index contributed by atoms with van der Waals surface area (Å²) in [5.41, 5.74) is 0. The van der Waals surface area contributed by atoms with Crippen LogP contribution in [0.3, 0.4) is 0 Å². The van der Waals surface area contributed by atoms with E-state index in [1.807, 2.05) is 6.92 Å². The summed E-state index contributed by atoms with van der Waals surface area (Å²) < 4.78 is 4.74. The molecule has 0 amide bonds. The topological polar surface area (TPSA) is 69.9 Å². The van der Waals surface area contributed by atoms with Crippen molar-refractivity contribution in [1.29, 1.82) is 0 Å². The summed E-state index contributed by atoms with van der Waals surface area (Å²) in [6.45, 7) is 1.87. The zero-order valence-electron chi connectivity index (χ0n) is 6.24. The van der Waals surface area contributed by atoms with E-state index in [1.54, 1.807) is 0 Å². The van der Waals surface area contributed by atoms with E-state index >= 15 is 0 Å². The van der Waals surface area contributed by atoms with Crippen molar-refractivity contribution in [3.8, 4) is 0 Å². The van der Waals surface area contributed by atoms with Gasteiger partial charge in [0.25, 0.3) is 0 Å². The average molecular weight is 166 g/mol. The zero-order valence-corrected chi connectivity index (χ0v) is 8.24. The molecule has 0 aromatic carbocycles. The first kappa shape index (κ1) is 10.1. The van der Waals surface area contributed by atoms with Gasteiger partial charge in [0.1, 0.15) is 16.6 Å². The van der Waals surface area contributed by atoms with Crippen LogP contribution in [-0.4, -0.2) is 37.9 Å². The first-order chi connectivity index (χ1) is 4.52. The fourth-order valence-electron chi connectivity index (χ4n) is 0.732. The van der Waals surface area contributed by atoms with Crippen molar-refractivity contribution in [1.82, 2.24) is 0 Å². The highest BCUT2D eigenvalue weighted by molar-refractivity contribution is 5.98. The third kappa shape index (κ3) is 3.28. The third-order valence-electron chi connectivity index (χ3n) is 1.27. The Labute approximate surface area is 63.0 Å². The van der Waals surface area contributed by atoms with E-state index in [2.05, 4.69) is 0 Å². The maximum Gasteiger partial charge on any atom is 0.301 e. The number of hydrogen-bond acceptors (Lipinski definition) is 4. The molecule has 1 unspecified atom stereocenters. The van der Waals surface area contributed by atoms with Gasteiger partial charge in [0, 0.05) is 0 Å². The van der Waals surface area contributed by atoms with Crippen LogP contribution in [0.5, 0.6) is 0 Å². The van der Waals surface area contributed by atoms with E-state index in [0.717, 1.165) is 6.42 Å². The van der Waals surface area contributed by atoms with Gasteiger partial charge in [-0.3, -0.25) is 0 Å². The standard InChI is InChI=1S/C5H14O4Si/c1-2-3-4(9-10)5(6,7)8/h4,6-8H,2-3H2,1,10H3. The molecule has 5 heteroatoms. The lowest BCUT2D eigenvalue weighted by Crippen LogP contribution is -2.43. The van der Waals surface area contributed by atoms with Gasteiger partial charge in [-0.15, -0.1) is 0 Å². The fraction of sp³-hybridized carbons (Fsp3) is 1.00. The summed E-state index contributed by atoms with van der Waals surface area (Å²) in [6.07, 6.45) is 0.341. The Morgan fingerprint density at radius 2 is 2.00 bits per heavy atom. The second-order valence-electron chi connectivity index (χ2n) is 2.20. The zero-order chi connectivity index (χ0) is 8.20. The molecule has 62 valence electrons. The van der Waals surface area contributed by atoms with Gasteiger partial charge in [-0.05, 0) is 6.42 Å². The molecule has 0 aliphatic carbocycles. The predicted molar refractivity (Wildman–Crippen MR) is 39.1 cm³/mol. The van der Waals surface area contributed by atoms with Crippen LogP contribution in [0.2, 0.25) is 0 Å². The summed E-state index contributed by atoms with van der Waals surface area (Å²) in [7, 11) is 0.387. The van der Waals surface area contributed by atoms with Crippen LogP contribution >= 0.6 is 0 Å². The van der Waals surface area contributed by atoms with Gasteiger partial charge in [0.2, 0.25) is 0 Å². The molecule has 0 fully saturated rings. The second-order valence-corrected chi connectivity index (χ2v) is 2.67. The van der Waals surface area contributed by atoms with Crippen molar-refractivity contribution in [2.24, 2.45) is 0 Å². The summed E-state index contributed by atoms with van der Waals surface area (Å²) in [4.78, 5) is 0. The molecule has 0 aromatic heterocycles. The van der Waals surface area contributed by atoms with Crippen LogP contribution < -0.4 is 0 Å². The highest BCUT2D eigenvalue weighted by Crippen LogP contribution is 2.11. The molecule has 10 heavy (non-hydrogen) atoms. The molecule has 4 nitrogen and oxygen atoms in total. The maximum absolute atomic E-state index is 8.62. The summed E-state index contributed by atoms with van der Waals surface area (Å²) in [5, 5.41) is 25.9. The largest absolute Gasteiger partial charge is 0.417 e. The van der Waals surface area contributed by atoms with Gasteiger partial charge in [0.15, 0.2) is 0 Å². The molecular weight excluding hydrogens is 152 g/mol. The van der Waals surface area contributed by atoms with Crippen LogP contribution in [-0.2, 0) is 4.43 Å². The van der Waals surface area contributed by atoms with Gasteiger partial charge >= 0.3 is 5.97 Å². The summed E-state index contributed by atoms with van der Waals surface area (Å²) in [5.74, 6) is -2.67. The van der Waals surface area contributed by atoms with Crippen molar-refractivity contribution in [3.63, 3.8) is 0 Å². The van der Waals surface area contributed by atoms with Crippen molar-refractivity contribution in [2.45, 2.75) is 31.8 Å². The number of aliphatic hydroxyl groups is 3. The summed E-state index contributed by atoms with van der Waals surface area (Å²) in [6, 6.07) is 0. The minimum atomic E-state index is -2.67. The normalized spacial score (nSPS) is 15.6. The molecule has 0 radical (unpaired) electrons. The smallest absolute Gasteiger partial charge is 0.301 e. The van der Waals surface area contributed by atoms with E-state index in [1.165, 1.54) is 0 Å². The molecule has 0 bridgehead atoms. The van der Waals surface area contributed by atoms with E-state index in [9.17, 15) is 0 Å². The van der Waals surface area contributed by atoms with Crippen molar-refractivity contribution in [2.75, 3.05) is 0 Å². The summed E-state index contributed by atoms with van der Waals surface area (Å²) >= 11 is 0. The average Bonchev–Trinajstić information content (AvgIpc) is 1.80. The lowest BCUT2D eigenvalue weighted by Gasteiger charge is -2.24. The lowest BCUT2D eigenvalue weighted by molar-refractivity contribution is -0.350. The molecule has 1 atom stereocenters. The molecule has 0 saturated carbocycles. The molecule has 3 N–H and O–H groups in total. The molecule has 0 rings (SSSR count). The number of hydrogen-bond donors (Lipinski definition) is 3. The first-order valence-electron chi connectivity index (χ1n) is 3.22. The van der Waals surface area contributed by atoms with Crippen molar-refractivity contribution >= 4 is 10.5 Å². The van der Waals surface area contributed by atoms with Crippen LogP contribution in [0.4, 0.5) is 0 Å². The predicted octanol–water partition coefficient (Wildman–Crippen LogP) is -1.92. The van der Waals surface area contributed by atoms with Crippen molar-refractivity contribution in [3.05, 3.63) is 0 Å². The lowest BCUT2D eigenvalue weighted by atomic mass is 10.2. The van der Waals surface area contributed by atoms with E-state index < -0.39 is 12.1 Å². The monoisotopic (exact) mass is 166 g/mol. The second kappa shape index (κ2) is 4.04. The molecule has 0 aliphatic rings. The molecular formula is C5H14O4Si. The molecule has 0 heterocycles. The van der Waals surface area contributed by atoms with Crippen LogP contribution in [0.25, 0.3) is 0 Å². The Hall–Kier alpha value is 0.0569. The van der Waals surface area contributed by atoms with Crippen LogP contribution in [0.15, 0.2) is 0 Å². The van der Waals surface area contributed by atoms with Crippen LogP contribution in [0, 0.1) is 0 Å². The van der Waals surface area contributed by atoms with Crippen molar-refractivity contribution < 1.29 is 19.7 Å². The Balaban J connectivity index is 3.81. The van der Waals surface area contributed by atoms with Gasteiger partial charge in [-0.1, -0.05) is 13.3 Å². The van der Waals surface area contributed by atoms with Crippen LogP contribution in [0.1, 0.15) is 19.8 Å². The molecule has 0 spiro atoms. The fourth-order valence-corrected chi connectivity index (χ4v) is 1.28.